The van der Waals surface area contributed by atoms with Gasteiger partial charge in [-0.3, -0.25) is 0 Å². The number of ether oxygens (including phenoxy) is 1. The molecule has 0 aliphatic heterocycles. The van der Waals surface area contributed by atoms with Gasteiger partial charge in [-0.1, -0.05) is 0 Å². The maximum absolute atomic E-state index is 10.3. The standard InChI is InChI=1S/C7H7NO3.Na.H/c1-11-5-2-3-6(7(9)10)8-4-5;;/h2-4H,1H3,(H,9,10);;/q;+1;-1. The second-order valence-corrected chi connectivity index (χ2v) is 1.89. The Kier molecular flexibility index (Phi) is 4.89. The van der Waals surface area contributed by atoms with E-state index >= 15 is 0 Å². The Morgan fingerprint density at radius 1 is 1.67 bits per heavy atom. The van der Waals surface area contributed by atoms with E-state index in [0.717, 1.165) is 0 Å². The zero-order valence-electron chi connectivity index (χ0n) is 7.94. The van der Waals surface area contributed by atoms with Gasteiger partial charge in [-0.05, 0) is 12.1 Å². The van der Waals surface area contributed by atoms with Crippen LogP contribution in [0.3, 0.4) is 0 Å². The van der Waals surface area contributed by atoms with Crippen LogP contribution in [0.25, 0.3) is 0 Å². The summed E-state index contributed by atoms with van der Waals surface area (Å²) in [5, 5.41) is 8.45. The first kappa shape index (κ1) is 11.4. The first-order chi connectivity index (χ1) is 5.24. The molecule has 0 unspecified atom stereocenters. The van der Waals surface area contributed by atoms with E-state index in [1.54, 1.807) is 6.07 Å². The van der Waals surface area contributed by atoms with Crippen molar-refractivity contribution in [2.75, 3.05) is 7.11 Å². The van der Waals surface area contributed by atoms with Crippen LogP contribution in [-0.2, 0) is 0 Å². The Labute approximate surface area is 93.3 Å². The van der Waals surface area contributed by atoms with Crippen molar-refractivity contribution < 1.29 is 45.6 Å². The van der Waals surface area contributed by atoms with Crippen LogP contribution >= 0.6 is 0 Å². The maximum atomic E-state index is 10.3. The summed E-state index contributed by atoms with van der Waals surface area (Å²) < 4.78 is 4.79. The fraction of sp³-hybridized carbons (Fsp3) is 0.143. The van der Waals surface area contributed by atoms with E-state index in [-0.39, 0.29) is 36.7 Å². The Morgan fingerprint density at radius 2 is 2.33 bits per heavy atom. The first-order valence-corrected chi connectivity index (χ1v) is 2.97. The van der Waals surface area contributed by atoms with Gasteiger partial charge in [0.05, 0.1) is 13.3 Å². The van der Waals surface area contributed by atoms with Gasteiger partial charge in [0.2, 0.25) is 0 Å². The molecule has 4 nitrogen and oxygen atoms in total. The molecule has 0 aromatic carbocycles. The average molecular weight is 177 g/mol. The number of aromatic nitrogens is 1. The maximum Gasteiger partial charge on any atom is 1.00 e. The molecule has 1 aromatic rings. The topological polar surface area (TPSA) is 59.4 Å². The molecule has 0 radical (unpaired) electrons. The van der Waals surface area contributed by atoms with Crippen LogP contribution in [0.4, 0.5) is 0 Å². The van der Waals surface area contributed by atoms with E-state index in [0.29, 0.717) is 5.75 Å². The predicted molar refractivity (Wildman–Crippen MR) is 38.9 cm³/mol. The van der Waals surface area contributed by atoms with Gasteiger partial charge in [0.1, 0.15) is 11.4 Å². The number of hydrogen-bond donors (Lipinski definition) is 1. The molecule has 60 valence electrons. The number of carboxylic acid groups (broad SMARTS) is 1. The minimum absolute atomic E-state index is 0. The third-order valence-corrected chi connectivity index (χ3v) is 1.19. The van der Waals surface area contributed by atoms with Crippen molar-refractivity contribution in [2.24, 2.45) is 0 Å². The average Bonchev–Trinajstić information content (AvgIpc) is 2.05. The minimum Gasteiger partial charge on any atom is -1.00 e. The summed E-state index contributed by atoms with van der Waals surface area (Å²) in [5.41, 5.74) is 0.0193. The molecule has 0 aliphatic rings. The second-order valence-electron chi connectivity index (χ2n) is 1.89. The van der Waals surface area contributed by atoms with Crippen molar-refractivity contribution in [2.45, 2.75) is 0 Å². The van der Waals surface area contributed by atoms with E-state index < -0.39 is 5.97 Å². The summed E-state index contributed by atoms with van der Waals surface area (Å²) in [6, 6.07) is 2.94. The van der Waals surface area contributed by atoms with Gasteiger partial charge in [-0.25, -0.2) is 9.78 Å². The van der Waals surface area contributed by atoms with Gasteiger partial charge in [0.25, 0.3) is 0 Å². The Balaban J connectivity index is 0. The normalized spacial score (nSPS) is 8.42. The number of carboxylic acids is 1. The molecule has 0 amide bonds. The molecule has 12 heavy (non-hydrogen) atoms. The fourth-order valence-corrected chi connectivity index (χ4v) is 0.628. The molecule has 0 saturated heterocycles. The van der Waals surface area contributed by atoms with Crippen LogP contribution in [0.1, 0.15) is 11.9 Å². The van der Waals surface area contributed by atoms with E-state index in [4.69, 9.17) is 9.84 Å². The van der Waals surface area contributed by atoms with E-state index in [1.807, 2.05) is 0 Å². The van der Waals surface area contributed by atoms with Gasteiger partial charge in [0.15, 0.2) is 0 Å². The molecule has 0 bridgehead atoms. The predicted octanol–water partition coefficient (Wildman–Crippen LogP) is -2.10. The molecule has 1 aromatic heterocycles. The largest absolute Gasteiger partial charge is 1.00 e. The van der Waals surface area contributed by atoms with Crippen LogP contribution < -0.4 is 34.3 Å². The molecule has 5 heteroatoms. The fourth-order valence-electron chi connectivity index (χ4n) is 0.628. The van der Waals surface area contributed by atoms with Crippen molar-refractivity contribution in [1.29, 1.82) is 0 Å². The molecular formula is C7H8NNaO3. The molecular weight excluding hydrogens is 169 g/mol. The van der Waals surface area contributed by atoms with Crippen LogP contribution in [0.2, 0.25) is 0 Å². The molecule has 0 fully saturated rings. The molecule has 1 heterocycles. The zero-order valence-corrected chi connectivity index (χ0v) is 8.94. The Bertz CT molecular complexity index is 265. The van der Waals surface area contributed by atoms with Crippen molar-refractivity contribution in [3.63, 3.8) is 0 Å². The number of methoxy groups -OCH3 is 1. The van der Waals surface area contributed by atoms with Gasteiger partial charge in [-0.15, -0.1) is 0 Å². The second kappa shape index (κ2) is 5.13. The molecule has 1 N–H and O–H groups in total. The van der Waals surface area contributed by atoms with E-state index in [2.05, 4.69) is 4.98 Å². The molecule has 0 atom stereocenters. The van der Waals surface area contributed by atoms with Crippen molar-refractivity contribution in [3.05, 3.63) is 24.0 Å². The number of rotatable bonds is 2. The third kappa shape index (κ3) is 2.81. The molecule has 0 spiro atoms. The summed E-state index contributed by atoms with van der Waals surface area (Å²) in [4.78, 5) is 13.9. The van der Waals surface area contributed by atoms with Crippen LogP contribution in [0.15, 0.2) is 18.3 Å². The zero-order chi connectivity index (χ0) is 8.27. The first-order valence-electron chi connectivity index (χ1n) is 2.97. The van der Waals surface area contributed by atoms with Gasteiger partial charge < -0.3 is 11.3 Å². The van der Waals surface area contributed by atoms with Gasteiger partial charge >= 0.3 is 35.5 Å². The van der Waals surface area contributed by atoms with E-state index in [9.17, 15) is 4.79 Å². The van der Waals surface area contributed by atoms with Gasteiger partial charge in [-0.2, -0.15) is 0 Å². The number of nitrogens with zero attached hydrogens (tertiary/aromatic N) is 1. The third-order valence-electron chi connectivity index (χ3n) is 1.19. The smallest absolute Gasteiger partial charge is 1.00 e. The molecule has 0 aliphatic carbocycles. The minimum atomic E-state index is -1.03. The number of pyridine rings is 1. The number of carbonyl (C=O) groups is 1. The SMILES string of the molecule is COc1ccc(C(=O)O)nc1.[H-].[Na+]. The summed E-state index contributed by atoms with van der Waals surface area (Å²) in [6.07, 6.45) is 1.36. The quantitative estimate of drug-likeness (QED) is 0.526. The van der Waals surface area contributed by atoms with Crippen LogP contribution in [0, 0.1) is 0 Å². The van der Waals surface area contributed by atoms with Crippen LogP contribution in [-0.4, -0.2) is 23.2 Å². The van der Waals surface area contributed by atoms with Crippen molar-refractivity contribution >= 4 is 5.97 Å². The Morgan fingerprint density at radius 3 is 2.67 bits per heavy atom. The summed E-state index contributed by atoms with van der Waals surface area (Å²) >= 11 is 0. The van der Waals surface area contributed by atoms with Crippen molar-refractivity contribution in [1.82, 2.24) is 4.98 Å². The van der Waals surface area contributed by atoms with Crippen LogP contribution in [0.5, 0.6) is 5.75 Å². The summed E-state index contributed by atoms with van der Waals surface area (Å²) in [6.45, 7) is 0. The molecule has 1 rings (SSSR count). The Hall–Kier alpha value is -0.580. The summed E-state index contributed by atoms with van der Waals surface area (Å²) in [5.74, 6) is -0.484. The van der Waals surface area contributed by atoms with Gasteiger partial charge in [0, 0.05) is 0 Å². The number of aromatic carboxylic acids is 1. The number of hydrogen-bond acceptors (Lipinski definition) is 3. The van der Waals surface area contributed by atoms with Crippen molar-refractivity contribution in [3.8, 4) is 5.75 Å². The monoisotopic (exact) mass is 177 g/mol. The summed E-state index contributed by atoms with van der Waals surface area (Å²) in [7, 11) is 1.50. The van der Waals surface area contributed by atoms with E-state index in [1.165, 1.54) is 19.4 Å². The molecule has 0 saturated carbocycles.